The van der Waals surface area contributed by atoms with Crippen molar-refractivity contribution in [1.29, 1.82) is 0 Å². The lowest BCUT2D eigenvalue weighted by atomic mass is 9.75. The summed E-state index contributed by atoms with van der Waals surface area (Å²) in [6.07, 6.45) is 6.72. The van der Waals surface area contributed by atoms with Crippen molar-refractivity contribution in [1.82, 2.24) is 5.32 Å². The highest BCUT2D eigenvalue weighted by Crippen LogP contribution is 2.35. The minimum Gasteiger partial charge on any atom is -0.310 e. The molecule has 0 spiro atoms. The topological polar surface area (TPSA) is 12.0 Å². The fourth-order valence-electron chi connectivity index (χ4n) is 2.98. The minimum atomic E-state index is -0.102. The molecule has 0 radical (unpaired) electrons. The van der Waals surface area contributed by atoms with Crippen LogP contribution in [0.1, 0.15) is 63.1 Å². The van der Waals surface area contributed by atoms with Crippen LogP contribution in [0.3, 0.4) is 0 Å². The van der Waals surface area contributed by atoms with Crippen molar-refractivity contribution < 1.29 is 4.39 Å². The van der Waals surface area contributed by atoms with E-state index in [4.69, 9.17) is 0 Å². The zero-order chi connectivity index (χ0) is 13.9. The van der Waals surface area contributed by atoms with Crippen LogP contribution < -0.4 is 5.32 Å². The van der Waals surface area contributed by atoms with Crippen LogP contribution in [0.15, 0.2) is 18.2 Å². The van der Waals surface area contributed by atoms with Crippen LogP contribution in [0.5, 0.6) is 0 Å². The summed E-state index contributed by atoms with van der Waals surface area (Å²) in [5.41, 5.74) is 2.19. The molecule has 0 heterocycles. The molecule has 19 heavy (non-hydrogen) atoms. The molecule has 1 aliphatic carbocycles. The summed E-state index contributed by atoms with van der Waals surface area (Å²) in [5, 5.41) is 3.59. The number of hydrogen-bond acceptors (Lipinski definition) is 1. The zero-order valence-corrected chi connectivity index (χ0v) is 12.4. The second-order valence-electron chi connectivity index (χ2n) is 6.48. The van der Waals surface area contributed by atoms with Crippen LogP contribution in [-0.2, 0) is 0 Å². The monoisotopic (exact) mass is 263 g/mol. The molecule has 0 bridgehead atoms. The summed E-state index contributed by atoms with van der Waals surface area (Å²) in [6, 6.07) is 5.77. The van der Waals surface area contributed by atoms with Crippen molar-refractivity contribution >= 4 is 0 Å². The Kier molecular flexibility index (Phi) is 4.62. The van der Waals surface area contributed by atoms with E-state index in [-0.39, 0.29) is 11.9 Å². The number of benzene rings is 1. The lowest BCUT2D eigenvalue weighted by molar-refractivity contribution is 0.202. The van der Waals surface area contributed by atoms with Crippen molar-refractivity contribution in [3.05, 3.63) is 35.1 Å². The Hall–Kier alpha value is -0.890. The Bertz CT molecular complexity index is 421. The Morgan fingerprint density at radius 1 is 1.26 bits per heavy atom. The summed E-state index contributed by atoms with van der Waals surface area (Å²) in [4.78, 5) is 0. The van der Waals surface area contributed by atoms with Gasteiger partial charge in [-0.2, -0.15) is 0 Å². The largest absolute Gasteiger partial charge is 0.310 e. The molecule has 2 rings (SSSR count). The molecule has 1 unspecified atom stereocenters. The van der Waals surface area contributed by atoms with E-state index in [9.17, 15) is 4.39 Å². The molecule has 0 saturated heterocycles. The second-order valence-corrected chi connectivity index (χ2v) is 6.48. The fourth-order valence-corrected chi connectivity index (χ4v) is 2.98. The summed E-state index contributed by atoms with van der Waals surface area (Å²) in [7, 11) is 0. The molecule has 1 nitrogen and oxygen atoms in total. The van der Waals surface area contributed by atoms with Gasteiger partial charge in [0.2, 0.25) is 0 Å². The van der Waals surface area contributed by atoms with Gasteiger partial charge in [0.05, 0.1) is 0 Å². The third-order valence-electron chi connectivity index (χ3n) is 4.59. The fraction of sp³-hybridized carbons (Fsp3) is 0.647. The molecule has 1 fully saturated rings. The molecule has 1 saturated carbocycles. The Morgan fingerprint density at radius 3 is 2.58 bits per heavy atom. The van der Waals surface area contributed by atoms with Crippen LogP contribution in [0.2, 0.25) is 0 Å². The molecule has 106 valence electrons. The van der Waals surface area contributed by atoms with Gasteiger partial charge in [-0.3, -0.25) is 0 Å². The van der Waals surface area contributed by atoms with Gasteiger partial charge in [0.25, 0.3) is 0 Å². The van der Waals surface area contributed by atoms with E-state index in [1.807, 2.05) is 12.1 Å². The van der Waals surface area contributed by atoms with Gasteiger partial charge in [-0.25, -0.2) is 4.39 Å². The maximum atomic E-state index is 13.6. The van der Waals surface area contributed by atoms with Gasteiger partial charge < -0.3 is 5.32 Å². The first-order chi connectivity index (χ1) is 9.00. The van der Waals surface area contributed by atoms with Crippen LogP contribution in [0, 0.1) is 18.2 Å². The Balaban J connectivity index is 1.93. The van der Waals surface area contributed by atoms with E-state index in [1.54, 1.807) is 13.0 Å². The van der Waals surface area contributed by atoms with Crippen molar-refractivity contribution in [3.8, 4) is 0 Å². The molecule has 1 aromatic carbocycles. The third kappa shape index (κ3) is 3.79. The van der Waals surface area contributed by atoms with E-state index in [0.717, 1.165) is 17.7 Å². The predicted molar refractivity (Wildman–Crippen MR) is 78.7 cm³/mol. The summed E-state index contributed by atoms with van der Waals surface area (Å²) < 4.78 is 13.6. The van der Waals surface area contributed by atoms with Gasteiger partial charge in [0, 0.05) is 12.6 Å². The molecule has 1 N–H and O–H groups in total. The van der Waals surface area contributed by atoms with E-state index in [0.29, 0.717) is 5.41 Å². The van der Waals surface area contributed by atoms with E-state index in [1.165, 1.54) is 32.1 Å². The Morgan fingerprint density at radius 2 is 1.95 bits per heavy atom. The number of rotatable bonds is 4. The normalized spacial score (nSPS) is 20.2. The standard InChI is InChI=1S/C17H26FN/c1-13-7-8-15(11-16(13)18)14(2)19-12-17(3)9-5-4-6-10-17/h7-8,11,14,19H,4-6,9-10,12H2,1-3H3. The minimum absolute atomic E-state index is 0.102. The summed E-state index contributed by atoms with van der Waals surface area (Å²) in [5.74, 6) is -0.102. The molecule has 0 aromatic heterocycles. The first-order valence-corrected chi connectivity index (χ1v) is 7.50. The number of hydrogen-bond donors (Lipinski definition) is 1. The quantitative estimate of drug-likeness (QED) is 0.826. The van der Waals surface area contributed by atoms with Gasteiger partial charge in [0.1, 0.15) is 5.82 Å². The van der Waals surface area contributed by atoms with Crippen molar-refractivity contribution in [2.45, 2.75) is 58.9 Å². The number of halogens is 1. The summed E-state index contributed by atoms with van der Waals surface area (Å²) >= 11 is 0. The lowest BCUT2D eigenvalue weighted by Crippen LogP contribution is -2.35. The first-order valence-electron chi connectivity index (χ1n) is 7.50. The van der Waals surface area contributed by atoms with E-state index in [2.05, 4.69) is 19.2 Å². The highest BCUT2D eigenvalue weighted by molar-refractivity contribution is 5.25. The number of nitrogens with one attached hydrogen (secondary N) is 1. The lowest BCUT2D eigenvalue weighted by Gasteiger charge is -2.35. The molecule has 1 aromatic rings. The average molecular weight is 263 g/mol. The van der Waals surface area contributed by atoms with Crippen LogP contribution >= 0.6 is 0 Å². The van der Waals surface area contributed by atoms with Crippen molar-refractivity contribution in [2.24, 2.45) is 5.41 Å². The zero-order valence-electron chi connectivity index (χ0n) is 12.4. The van der Waals surface area contributed by atoms with Crippen LogP contribution in [-0.4, -0.2) is 6.54 Å². The maximum Gasteiger partial charge on any atom is 0.126 e. The van der Waals surface area contributed by atoms with E-state index >= 15 is 0 Å². The van der Waals surface area contributed by atoms with Gasteiger partial charge >= 0.3 is 0 Å². The highest BCUT2D eigenvalue weighted by Gasteiger charge is 2.26. The van der Waals surface area contributed by atoms with Crippen LogP contribution in [0.4, 0.5) is 4.39 Å². The van der Waals surface area contributed by atoms with Gasteiger partial charge in [-0.15, -0.1) is 0 Å². The van der Waals surface area contributed by atoms with Gasteiger partial charge in [-0.05, 0) is 49.3 Å². The van der Waals surface area contributed by atoms with E-state index < -0.39 is 0 Å². The molecular weight excluding hydrogens is 237 g/mol. The van der Waals surface area contributed by atoms with Gasteiger partial charge in [-0.1, -0.05) is 38.3 Å². The predicted octanol–water partition coefficient (Wildman–Crippen LogP) is 4.76. The third-order valence-corrected chi connectivity index (χ3v) is 4.59. The smallest absolute Gasteiger partial charge is 0.126 e. The SMILES string of the molecule is Cc1ccc(C(C)NCC2(C)CCCCC2)cc1F. The van der Waals surface area contributed by atoms with Crippen LogP contribution in [0.25, 0.3) is 0 Å². The number of aryl methyl sites for hydroxylation is 1. The highest BCUT2D eigenvalue weighted by atomic mass is 19.1. The molecule has 1 aliphatic rings. The Labute approximate surface area is 116 Å². The molecular formula is C17H26FN. The maximum absolute atomic E-state index is 13.6. The van der Waals surface area contributed by atoms with Crippen molar-refractivity contribution in [3.63, 3.8) is 0 Å². The molecule has 2 heteroatoms. The molecule has 0 aliphatic heterocycles. The molecule has 1 atom stereocenters. The average Bonchev–Trinajstić information content (AvgIpc) is 2.40. The first kappa shape index (κ1) is 14.5. The molecule has 0 amide bonds. The van der Waals surface area contributed by atoms with Crippen molar-refractivity contribution in [2.75, 3.05) is 6.54 Å². The summed E-state index contributed by atoms with van der Waals surface area (Å²) in [6.45, 7) is 7.34. The second kappa shape index (κ2) is 6.04. The van der Waals surface area contributed by atoms with Gasteiger partial charge in [0.15, 0.2) is 0 Å².